The minimum atomic E-state index is -0.989. The molecule has 0 radical (unpaired) electrons. The van der Waals surface area contributed by atoms with Gasteiger partial charge in [0.15, 0.2) is 12.1 Å². The molecule has 1 fully saturated rings. The largest absolute Gasteiger partial charge is 0.495 e. The molecule has 0 aromatic heterocycles. The fraction of sp³-hybridized carbons (Fsp3) is 0.286. The number of carbonyl (C=O) groups is 3. The number of imide groups is 1. The summed E-state index contributed by atoms with van der Waals surface area (Å²) in [5, 5.41) is 12.0. The highest BCUT2D eigenvalue weighted by Gasteiger charge is 2.55. The maximum absolute atomic E-state index is 13.0. The summed E-state index contributed by atoms with van der Waals surface area (Å²) in [6.07, 6.45) is 0. The van der Waals surface area contributed by atoms with Crippen molar-refractivity contribution in [1.82, 2.24) is 5.01 Å². The van der Waals surface area contributed by atoms with Gasteiger partial charge in [-0.05, 0) is 49.4 Å². The molecule has 4 rings (SSSR count). The van der Waals surface area contributed by atoms with Crippen molar-refractivity contribution in [3.63, 3.8) is 0 Å². The second-order valence-corrected chi connectivity index (χ2v) is 7.44. The smallest absolute Gasteiger partial charge is 0.263 e. The fourth-order valence-electron chi connectivity index (χ4n) is 3.56. The Hall–Kier alpha value is -3.66. The van der Waals surface area contributed by atoms with Gasteiger partial charge in [-0.1, -0.05) is 16.8 Å². The van der Waals surface area contributed by atoms with Gasteiger partial charge in [0.2, 0.25) is 5.91 Å². The van der Waals surface area contributed by atoms with Gasteiger partial charge in [0, 0.05) is 5.69 Å². The molecular weight excluding hydrogens is 438 g/mol. The van der Waals surface area contributed by atoms with Gasteiger partial charge >= 0.3 is 0 Å². The van der Waals surface area contributed by atoms with Crippen molar-refractivity contribution in [3.05, 3.63) is 47.5 Å². The van der Waals surface area contributed by atoms with Gasteiger partial charge in [-0.15, -0.1) is 0 Å². The molecule has 1 N–H and O–H groups in total. The number of benzene rings is 2. The Bertz CT molecular complexity index is 1090. The molecule has 0 saturated carbocycles. The van der Waals surface area contributed by atoms with E-state index >= 15 is 0 Å². The molecule has 2 unspecified atom stereocenters. The Balaban J connectivity index is 1.45. The zero-order valence-electron chi connectivity index (χ0n) is 17.3. The van der Waals surface area contributed by atoms with Crippen molar-refractivity contribution in [2.45, 2.75) is 19.0 Å². The molecule has 2 aromatic carbocycles. The summed E-state index contributed by atoms with van der Waals surface area (Å²) in [4.78, 5) is 39.4. The van der Waals surface area contributed by atoms with E-state index in [2.05, 4.69) is 15.7 Å². The topological polar surface area (TPSA) is 113 Å². The number of amides is 3. The second-order valence-electron chi connectivity index (χ2n) is 7.03. The number of halogens is 1. The van der Waals surface area contributed by atoms with Crippen LogP contribution < -0.4 is 19.7 Å². The predicted octanol–water partition coefficient (Wildman–Crippen LogP) is 2.68. The first-order chi connectivity index (χ1) is 15.4. The van der Waals surface area contributed by atoms with E-state index in [9.17, 15) is 14.4 Å². The van der Waals surface area contributed by atoms with E-state index in [1.54, 1.807) is 42.5 Å². The van der Waals surface area contributed by atoms with Gasteiger partial charge in [-0.25, -0.2) is 4.90 Å². The molecule has 2 aromatic rings. The molecule has 2 heterocycles. The number of nitrogens with one attached hydrogen (secondary N) is 1. The van der Waals surface area contributed by atoms with Crippen molar-refractivity contribution >= 4 is 40.7 Å². The standard InChI is InChI=1S/C21H20ClN5O5/c1-3-32-14-7-5-13(6-8-14)27-20(29)18-19(21(27)30)26(25-24-18)11-17(28)23-12-4-9-16(31-2)15(22)10-12/h4-10,18-19H,3,11H2,1-2H3,(H,23,28). The lowest BCUT2D eigenvalue weighted by molar-refractivity contribution is -0.123. The van der Waals surface area contributed by atoms with Crippen molar-refractivity contribution in [1.29, 1.82) is 0 Å². The zero-order valence-corrected chi connectivity index (χ0v) is 18.1. The lowest BCUT2D eigenvalue weighted by atomic mass is 10.1. The highest BCUT2D eigenvalue weighted by atomic mass is 35.5. The SMILES string of the molecule is CCOc1ccc(N2C(=O)C3N=NN(CC(=O)Nc4ccc(OC)c(Cl)c4)C3C2=O)cc1. The Morgan fingerprint density at radius 2 is 1.91 bits per heavy atom. The van der Waals surface area contributed by atoms with Crippen molar-refractivity contribution < 1.29 is 23.9 Å². The van der Waals surface area contributed by atoms with Crippen molar-refractivity contribution in [3.8, 4) is 11.5 Å². The molecule has 0 bridgehead atoms. The first-order valence-electron chi connectivity index (χ1n) is 9.84. The van der Waals surface area contributed by atoms with Crippen LogP contribution in [0.2, 0.25) is 5.02 Å². The Morgan fingerprint density at radius 3 is 2.56 bits per heavy atom. The van der Waals surface area contributed by atoms with Gasteiger partial charge in [-0.2, -0.15) is 5.11 Å². The third-order valence-corrected chi connectivity index (χ3v) is 5.30. The number of ether oxygens (including phenoxy) is 2. The van der Waals surface area contributed by atoms with E-state index < -0.39 is 29.8 Å². The van der Waals surface area contributed by atoms with E-state index in [4.69, 9.17) is 21.1 Å². The molecule has 0 aliphatic carbocycles. The van der Waals surface area contributed by atoms with E-state index in [0.717, 1.165) is 4.90 Å². The van der Waals surface area contributed by atoms with E-state index in [1.807, 2.05) is 6.92 Å². The molecule has 10 nitrogen and oxygen atoms in total. The van der Waals surface area contributed by atoms with Crippen molar-refractivity contribution in [2.75, 3.05) is 30.5 Å². The minimum absolute atomic E-state index is 0.259. The normalized spacial score (nSPS) is 19.3. The highest BCUT2D eigenvalue weighted by Crippen LogP contribution is 2.33. The predicted molar refractivity (Wildman–Crippen MR) is 116 cm³/mol. The molecule has 11 heteroatoms. The maximum atomic E-state index is 13.0. The number of hydrogen-bond acceptors (Lipinski definition) is 8. The minimum Gasteiger partial charge on any atom is -0.495 e. The third-order valence-electron chi connectivity index (χ3n) is 5.00. The van der Waals surface area contributed by atoms with Crippen LogP contribution in [-0.4, -0.2) is 55.1 Å². The van der Waals surface area contributed by atoms with Gasteiger partial charge < -0.3 is 14.8 Å². The first kappa shape index (κ1) is 21.6. The van der Waals surface area contributed by atoms with Crippen LogP contribution in [0.5, 0.6) is 11.5 Å². The lowest BCUT2D eigenvalue weighted by Gasteiger charge is -2.20. The molecule has 32 heavy (non-hydrogen) atoms. The maximum Gasteiger partial charge on any atom is 0.263 e. The number of carbonyl (C=O) groups excluding carboxylic acids is 3. The first-order valence-corrected chi connectivity index (χ1v) is 10.2. The molecule has 3 amide bonds. The Kier molecular flexibility index (Phi) is 5.95. The Morgan fingerprint density at radius 1 is 1.16 bits per heavy atom. The zero-order chi connectivity index (χ0) is 22.8. The average Bonchev–Trinajstić information content (AvgIpc) is 3.28. The van der Waals surface area contributed by atoms with Crippen LogP contribution in [-0.2, 0) is 14.4 Å². The summed E-state index contributed by atoms with van der Waals surface area (Å²) < 4.78 is 10.5. The van der Waals surface area contributed by atoms with Gasteiger partial charge in [0.25, 0.3) is 11.8 Å². The monoisotopic (exact) mass is 457 g/mol. The molecule has 2 atom stereocenters. The van der Waals surface area contributed by atoms with E-state index in [-0.39, 0.29) is 6.54 Å². The summed E-state index contributed by atoms with van der Waals surface area (Å²) >= 11 is 6.08. The fourth-order valence-corrected chi connectivity index (χ4v) is 3.82. The van der Waals surface area contributed by atoms with Gasteiger partial charge in [0.05, 0.1) is 24.4 Å². The lowest BCUT2D eigenvalue weighted by Crippen LogP contribution is -2.43. The number of rotatable bonds is 7. The summed E-state index contributed by atoms with van der Waals surface area (Å²) in [6.45, 7) is 2.11. The summed E-state index contributed by atoms with van der Waals surface area (Å²) in [5.41, 5.74) is 0.864. The van der Waals surface area contributed by atoms with Crippen LogP contribution in [0.3, 0.4) is 0 Å². The van der Waals surface area contributed by atoms with Crippen LogP contribution in [0.4, 0.5) is 11.4 Å². The van der Waals surface area contributed by atoms with Crippen LogP contribution in [0.15, 0.2) is 52.8 Å². The average molecular weight is 458 g/mol. The molecule has 166 valence electrons. The molecule has 0 spiro atoms. The molecular formula is C21H20ClN5O5. The van der Waals surface area contributed by atoms with Crippen LogP contribution >= 0.6 is 11.6 Å². The number of nitrogens with zero attached hydrogens (tertiary/aromatic N) is 4. The summed E-state index contributed by atoms with van der Waals surface area (Å²) in [7, 11) is 1.49. The summed E-state index contributed by atoms with van der Waals surface area (Å²) in [6, 6.07) is 9.46. The quantitative estimate of drug-likeness (QED) is 0.639. The van der Waals surface area contributed by atoms with E-state index in [1.165, 1.54) is 12.1 Å². The van der Waals surface area contributed by atoms with Crippen LogP contribution in [0.1, 0.15) is 6.92 Å². The second kappa shape index (κ2) is 8.83. The molecule has 2 aliphatic heterocycles. The number of hydrogen-bond donors (Lipinski definition) is 1. The summed E-state index contributed by atoms with van der Waals surface area (Å²) in [5.74, 6) is -0.310. The van der Waals surface area contributed by atoms with Crippen LogP contribution in [0.25, 0.3) is 0 Å². The molecule has 1 saturated heterocycles. The number of fused-ring (bicyclic) bond motifs is 1. The van der Waals surface area contributed by atoms with Crippen LogP contribution in [0, 0.1) is 0 Å². The third kappa shape index (κ3) is 3.96. The molecule has 2 aliphatic rings. The van der Waals surface area contributed by atoms with Gasteiger partial charge in [0.1, 0.15) is 18.0 Å². The van der Waals surface area contributed by atoms with Gasteiger partial charge in [-0.3, -0.25) is 19.4 Å². The Labute approximate surface area is 188 Å². The number of methoxy groups -OCH3 is 1. The van der Waals surface area contributed by atoms with Crippen molar-refractivity contribution in [2.24, 2.45) is 10.3 Å². The highest BCUT2D eigenvalue weighted by molar-refractivity contribution is 6.32. The van der Waals surface area contributed by atoms with E-state index in [0.29, 0.717) is 34.5 Å². The number of anilines is 2.